The number of hydrogen-bond donors (Lipinski definition) is 1. The second kappa shape index (κ2) is 7.20. The largest absolute Gasteiger partial charge is 0.450 e. The van der Waals surface area contributed by atoms with Crippen molar-refractivity contribution in [3.8, 4) is 23.6 Å². The first-order chi connectivity index (χ1) is 11.1. The molecule has 0 heterocycles. The van der Waals surface area contributed by atoms with Gasteiger partial charge in [0.2, 0.25) is 11.5 Å². The van der Waals surface area contributed by atoms with Gasteiger partial charge in [-0.3, -0.25) is 15.5 Å². The molecule has 0 unspecified atom stereocenters. The van der Waals surface area contributed by atoms with Crippen LogP contribution in [-0.2, 0) is 0 Å². The van der Waals surface area contributed by atoms with Crippen molar-refractivity contribution in [2.24, 2.45) is 5.10 Å². The molecule has 2 aromatic rings. The van der Waals surface area contributed by atoms with Crippen LogP contribution >= 0.6 is 0 Å². The Morgan fingerprint density at radius 3 is 2.39 bits per heavy atom. The number of hydrogen-bond acceptors (Lipinski definition) is 7. The molecule has 0 spiro atoms. The first kappa shape index (κ1) is 15.5. The minimum Gasteiger partial charge on any atom is -0.450 e. The van der Waals surface area contributed by atoms with Crippen LogP contribution in [0.25, 0.3) is 0 Å². The highest BCUT2D eigenvalue weighted by Gasteiger charge is 2.14. The van der Waals surface area contributed by atoms with Gasteiger partial charge in [0, 0.05) is 6.07 Å². The summed E-state index contributed by atoms with van der Waals surface area (Å²) < 4.78 is 5.48. The first-order valence-electron chi connectivity index (χ1n) is 6.29. The van der Waals surface area contributed by atoms with Crippen LogP contribution < -0.4 is 10.2 Å². The normalized spacial score (nSPS) is 9.13. The Balaban J connectivity index is 2.13. The van der Waals surface area contributed by atoms with E-state index in [2.05, 4.69) is 10.5 Å². The van der Waals surface area contributed by atoms with Crippen LogP contribution in [0.1, 0.15) is 0 Å². The Hall–Kier alpha value is -3.91. The molecule has 0 aliphatic heterocycles. The van der Waals surface area contributed by atoms with Crippen LogP contribution in [0.5, 0.6) is 11.5 Å². The van der Waals surface area contributed by atoms with Gasteiger partial charge in [0.25, 0.3) is 0 Å². The van der Waals surface area contributed by atoms with Crippen molar-refractivity contribution in [3.05, 3.63) is 58.6 Å². The molecule has 0 saturated carbocycles. The number of hydrazone groups is 1. The molecular formula is C15H9N5O3. The van der Waals surface area contributed by atoms with Gasteiger partial charge in [-0.25, -0.2) is 0 Å². The number of anilines is 1. The fourth-order valence-electron chi connectivity index (χ4n) is 1.61. The zero-order chi connectivity index (χ0) is 16.7. The maximum Gasteiger partial charge on any atom is 0.311 e. The summed E-state index contributed by atoms with van der Waals surface area (Å²) in [6, 6.07) is 15.6. The number of ether oxygens (including phenoxy) is 1. The lowest BCUT2D eigenvalue weighted by Gasteiger charge is -2.07. The summed E-state index contributed by atoms with van der Waals surface area (Å²) in [6.45, 7) is 0. The molecular weight excluding hydrogens is 298 g/mol. The third kappa shape index (κ3) is 4.03. The molecule has 0 saturated heterocycles. The van der Waals surface area contributed by atoms with Gasteiger partial charge in [-0.2, -0.15) is 15.6 Å². The zero-order valence-electron chi connectivity index (χ0n) is 11.6. The molecule has 0 fully saturated rings. The average Bonchev–Trinajstić information content (AvgIpc) is 2.57. The number of nitrogens with one attached hydrogen (secondary N) is 1. The molecule has 0 aliphatic rings. The van der Waals surface area contributed by atoms with Crippen molar-refractivity contribution >= 4 is 17.1 Å². The molecule has 0 radical (unpaired) electrons. The zero-order valence-corrected chi connectivity index (χ0v) is 11.6. The quantitative estimate of drug-likeness (QED) is 0.513. The molecule has 2 aromatic carbocycles. The van der Waals surface area contributed by atoms with Crippen molar-refractivity contribution in [2.45, 2.75) is 0 Å². The average molecular weight is 307 g/mol. The maximum absolute atomic E-state index is 10.9. The van der Waals surface area contributed by atoms with E-state index >= 15 is 0 Å². The predicted octanol–water partition coefficient (Wildman–Crippen LogP) is 3.20. The van der Waals surface area contributed by atoms with Crippen LogP contribution in [0, 0.1) is 32.8 Å². The van der Waals surface area contributed by atoms with E-state index in [1.54, 1.807) is 48.5 Å². The number of nitriles is 2. The topological polar surface area (TPSA) is 124 Å². The molecule has 2 rings (SSSR count). The summed E-state index contributed by atoms with van der Waals surface area (Å²) in [7, 11) is 0. The molecule has 0 aromatic heterocycles. The van der Waals surface area contributed by atoms with Gasteiger partial charge in [0.1, 0.15) is 17.9 Å². The van der Waals surface area contributed by atoms with Crippen molar-refractivity contribution in [2.75, 3.05) is 5.43 Å². The van der Waals surface area contributed by atoms with E-state index in [9.17, 15) is 10.1 Å². The number of rotatable bonds is 5. The van der Waals surface area contributed by atoms with Gasteiger partial charge in [-0.15, -0.1) is 0 Å². The Labute approximate surface area is 131 Å². The molecule has 23 heavy (non-hydrogen) atoms. The van der Waals surface area contributed by atoms with E-state index < -0.39 is 4.92 Å². The van der Waals surface area contributed by atoms with Crippen molar-refractivity contribution in [1.29, 1.82) is 10.5 Å². The minimum atomic E-state index is -0.523. The first-order valence-corrected chi connectivity index (χ1v) is 6.29. The lowest BCUT2D eigenvalue weighted by atomic mass is 10.3. The monoisotopic (exact) mass is 307 g/mol. The molecule has 112 valence electrons. The standard InChI is InChI=1S/C15H9N5O3/c16-9-12(10-17)19-18-11-5-7-13(8-6-11)23-15-4-2-1-3-14(15)20(21)22/h1-8,18H. The summed E-state index contributed by atoms with van der Waals surface area (Å²) in [5.74, 6) is 0.530. The second-order valence-electron chi connectivity index (χ2n) is 4.15. The highest BCUT2D eigenvalue weighted by Crippen LogP contribution is 2.31. The Bertz CT molecular complexity index is 815. The van der Waals surface area contributed by atoms with E-state index in [4.69, 9.17) is 15.3 Å². The predicted molar refractivity (Wildman–Crippen MR) is 81.9 cm³/mol. The molecule has 0 aliphatic carbocycles. The summed E-state index contributed by atoms with van der Waals surface area (Å²) in [6.07, 6.45) is 0. The van der Waals surface area contributed by atoms with Gasteiger partial charge >= 0.3 is 5.69 Å². The van der Waals surface area contributed by atoms with Crippen LogP contribution in [0.3, 0.4) is 0 Å². The number of nitro groups is 1. The highest BCUT2D eigenvalue weighted by atomic mass is 16.6. The molecule has 0 amide bonds. The maximum atomic E-state index is 10.9. The van der Waals surface area contributed by atoms with Gasteiger partial charge in [0.15, 0.2) is 0 Å². The molecule has 1 N–H and O–H groups in total. The third-order valence-corrected chi connectivity index (χ3v) is 2.65. The van der Waals surface area contributed by atoms with E-state index in [1.807, 2.05) is 0 Å². The summed E-state index contributed by atoms with van der Waals surface area (Å²) >= 11 is 0. The van der Waals surface area contributed by atoms with E-state index in [0.29, 0.717) is 11.4 Å². The fraction of sp³-hybridized carbons (Fsp3) is 0. The number of para-hydroxylation sites is 2. The smallest absolute Gasteiger partial charge is 0.311 e. The van der Waals surface area contributed by atoms with Crippen LogP contribution in [0.4, 0.5) is 11.4 Å². The Kier molecular flexibility index (Phi) is 4.85. The number of benzene rings is 2. The Morgan fingerprint density at radius 1 is 1.13 bits per heavy atom. The van der Waals surface area contributed by atoms with Crippen LogP contribution in [0.2, 0.25) is 0 Å². The molecule has 8 nitrogen and oxygen atoms in total. The lowest BCUT2D eigenvalue weighted by molar-refractivity contribution is -0.385. The van der Waals surface area contributed by atoms with Gasteiger partial charge in [0.05, 0.1) is 10.6 Å². The van der Waals surface area contributed by atoms with E-state index in [0.717, 1.165) is 0 Å². The third-order valence-electron chi connectivity index (χ3n) is 2.65. The summed E-state index contributed by atoms with van der Waals surface area (Å²) in [5, 5.41) is 31.6. The van der Waals surface area contributed by atoms with Crippen LogP contribution in [-0.4, -0.2) is 10.6 Å². The Morgan fingerprint density at radius 2 is 1.78 bits per heavy atom. The fourth-order valence-corrected chi connectivity index (χ4v) is 1.61. The van der Waals surface area contributed by atoms with Crippen LogP contribution in [0.15, 0.2) is 53.6 Å². The van der Waals surface area contributed by atoms with Gasteiger partial charge in [-0.05, 0) is 30.3 Å². The van der Waals surface area contributed by atoms with E-state index in [1.165, 1.54) is 12.1 Å². The summed E-state index contributed by atoms with van der Waals surface area (Å²) in [4.78, 5) is 10.4. The lowest BCUT2D eigenvalue weighted by Crippen LogP contribution is -1.96. The van der Waals surface area contributed by atoms with Crippen molar-refractivity contribution in [3.63, 3.8) is 0 Å². The molecule has 0 atom stereocenters. The SMILES string of the molecule is N#CC(C#N)=NNc1ccc(Oc2ccccc2[N+](=O)[O-])cc1. The van der Waals surface area contributed by atoms with Gasteiger partial charge in [-0.1, -0.05) is 12.1 Å². The van der Waals surface area contributed by atoms with Gasteiger partial charge < -0.3 is 4.74 Å². The second-order valence-corrected chi connectivity index (χ2v) is 4.15. The van der Waals surface area contributed by atoms with Crippen molar-refractivity contribution < 1.29 is 9.66 Å². The summed E-state index contributed by atoms with van der Waals surface area (Å²) in [5.41, 5.74) is 2.64. The molecule has 0 bridgehead atoms. The molecule has 8 heteroatoms. The number of nitrogens with zero attached hydrogens (tertiary/aromatic N) is 4. The minimum absolute atomic E-state index is 0.132. The van der Waals surface area contributed by atoms with E-state index in [-0.39, 0.29) is 17.1 Å². The highest BCUT2D eigenvalue weighted by molar-refractivity contribution is 6.10. The van der Waals surface area contributed by atoms with Crippen molar-refractivity contribution in [1.82, 2.24) is 0 Å². The number of nitro benzene ring substituents is 1.